The number of methoxy groups -OCH3 is 1. The molecule has 3 aromatic rings. The number of ether oxygens (including phenoxy) is 1. The van der Waals surface area contributed by atoms with Gasteiger partial charge in [0.1, 0.15) is 12.3 Å². The fraction of sp³-hybridized carbons (Fsp3) is 0.300. The van der Waals surface area contributed by atoms with Gasteiger partial charge < -0.3 is 14.2 Å². The van der Waals surface area contributed by atoms with Crippen molar-refractivity contribution >= 4 is 11.6 Å². The topological polar surface area (TPSA) is 52.6 Å². The van der Waals surface area contributed by atoms with Gasteiger partial charge in [0.2, 0.25) is 5.82 Å². The molecule has 1 aliphatic carbocycles. The summed E-state index contributed by atoms with van der Waals surface area (Å²) in [5.41, 5.74) is 2.15. The van der Waals surface area contributed by atoms with Crippen molar-refractivity contribution in [3.63, 3.8) is 0 Å². The second-order valence-electron chi connectivity index (χ2n) is 6.66. The molecule has 1 aliphatic rings. The standard InChI is InChI=1S/C20H20ClN3O2/c1-25-18-9-5-14(6-10-18)12-24(17-7-8-17)13-19-22-20(23-26-19)15-3-2-4-16(21)11-15/h2-6,9-11,17H,7-8,12-13H2,1H3/p+1. The van der Waals surface area contributed by atoms with Gasteiger partial charge in [0.25, 0.3) is 5.89 Å². The van der Waals surface area contributed by atoms with Gasteiger partial charge in [-0.25, -0.2) is 0 Å². The van der Waals surface area contributed by atoms with Gasteiger partial charge in [-0.15, -0.1) is 0 Å². The Morgan fingerprint density at radius 1 is 1.15 bits per heavy atom. The lowest BCUT2D eigenvalue weighted by atomic mass is 10.2. The quantitative estimate of drug-likeness (QED) is 0.694. The Kier molecular flexibility index (Phi) is 4.91. The molecule has 1 aromatic heterocycles. The number of benzene rings is 2. The molecule has 1 heterocycles. The molecule has 1 atom stereocenters. The predicted molar refractivity (Wildman–Crippen MR) is 99.1 cm³/mol. The summed E-state index contributed by atoms with van der Waals surface area (Å²) in [4.78, 5) is 6.02. The summed E-state index contributed by atoms with van der Waals surface area (Å²) in [6.07, 6.45) is 2.50. The normalized spacial score (nSPS) is 15.0. The fourth-order valence-corrected chi connectivity index (χ4v) is 3.30. The molecule has 2 aromatic carbocycles. The van der Waals surface area contributed by atoms with Crippen LogP contribution < -0.4 is 9.64 Å². The third-order valence-corrected chi connectivity index (χ3v) is 4.91. The van der Waals surface area contributed by atoms with Crippen molar-refractivity contribution in [3.05, 3.63) is 65.0 Å². The number of aromatic nitrogens is 2. The van der Waals surface area contributed by atoms with Crippen LogP contribution in [0.4, 0.5) is 0 Å². The van der Waals surface area contributed by atoms with Crippen molar-refractivity contribution in [1.82, 2.24) is 10.1 Å². The lowest BCUT2D eigenvalue weighted by molar-refractivity contribution is -0.939. The Morgan fingerprint density at radius 3 is 2.65 bits per heavy atom. The molecule has 5 nitrogen and oxygen atoms in total. The van der Waals surface area contributed by atoms with E-state index >= 15 is 0 Å². The first-order valence-electron chi connectivity index (χ1n) is 8.77. The van der Waals surface area contributed by atoms with Gasteiger partial charge in [-0.2, -0.15) is 4.98 Å². The molecule has 1 N–H and O–H groups in total. The van der Waals surface area contributed by atoms with E-state index in [0.717, 1.165) is 24.4 Å². The van der Waals surface area contributed by atoms with E-state index in [9.17, 15) is 0 Å². The Hall–Kier alpha value is -2.37. The summed E-state index contributed by atoms with van der Waals surface area (Å²) in [6.45, 7) is 1.66. The van der Waals surface area contributed by atoms with Crippen molar-refractivity contribution in [2.45, 2.75) is 32.0 Å². The minimum atomic E-state index is 0.585. The monoisotopic (exact) mass is 370 g/mol. The van der Waals surface area contributed by atoms with Crippen LogP contribution in [-0.4, -0.2) is 23.3 Å². The summed E-state index contributed by atoms with van der Waals surface area (Å²) >= 11 is 6.05. The second-order valence-corrected chi connectivity index (χ2v) is 7.09. The summed E-state index contributed by atoms with van der Waals surface area (Å²) < 4.78 is 10.7. The van der Waals surface area contributed by atoms with Gasteiger partial charge in [-0.3, -0.25) is 0 Å². The highest BCUT2D eigenvalue weighted by Crippen LogP contribution is 2.21. The SMILES string of the molecule is COc1ccc(C[NH+](Cc2nc(-c3cccc(Cl)c3)no2)C2CC2)cc1. The van der Waals surface area contributed by atoms with E-state index in [0.29, 0.717) is 22.8 Å². The van der Waals surface area contributed by atoms with Crippen molar-refractivity contribution in [2.24, 2.45) is 0 Å². The van der Waals surface area contributed by atoms with Gasteiger partial charge in [0, 0.05) is 29.0 Å². The molecule has 1 fully saturated rings. The van der Waals surface area contributed by atoms with Crippen LogP contribution in [-0.2, 0) is 13.1 Å². The average Bonchev–Trinajstić information content (AvgIpc) is 3.41. The number of hydrogen-bond donors (Lipinski definition) is 1. The number of nitrogens with zero attached hydrogens (tertiary/aromatic N) is 2. The minimum absolute atomic E-state index is 0.585. The third-order valence-electron chi connectivity index (χ3n) is 4.67. The molecule has 134 valence electrons. The third kappa shape index (κ3) is 4.06. The maximum Gasteiger partial charge on any atom is 0.282 e. The Bertz CT molecular complexity index is 875. The molecule has 0 amide bonds. The van der Waals surface area contributed by atoms with Crippen molar-refractivity contribution in [1.29, 1.82) is 0 Å². The van der Waals surface area contributed by atoms with Gasteiger partial charge in [0.15, 0.2) is 6.54 Å². The molecule has 0 saturated heterocycles. The van der Waals surface area contributed by atoms with Crippen molar-refractivity contribution < 1.29 is 14.2 Å². The highest BCUT2D eigenvalue weighted by Gasteiger charge is 2.34. The number of hydrogen-bond acceptors (Lipinski definition) is 4. The molecule has 1 saturated carbocycles. The Balaban J connectivity index is 1.47. The highest BCUT2D eigenvalue weighted by atomic mass is 35.5. The smallest absolute Gasteiger partial charge is 0.282 e. The number of rotatable bonds is 7. The fourth-order valence-electron chi connectivity index (χ4n) is 3.11. The molecule has 1 unspecified atom stereocenters. The van der Waals surface area contributed by atoms with E-state index in [-0.39, 0.29) is 0 Å². The summed E-state index contributed by atoms with van der Waals surface area (Å²) in [5.74, 6) is 2.13. The van der Waals surface area contributed by atoms with Crippen LogP contribution in [0, 0.1) is 0 Å². The van der Waals surface area contributed by atoms with Crippen LogP contribution in [0.2, 0.25) is 5.02 Å². The van der Waals surface area contributed by atoms with Crippen molar-refractivity contribution in [2.75, 3.05) is 7.11 Å². The lowest BCUT2D eigenvalue weighted by Gasteiger charge is -2.17. The molecular formula is C20H21ClN3O2+. The largest absolute Gasteiger partial charge is 0.497 e. The molecule has 0 bridgehead atoms. The lowest BCUT2D eigenvalue weighted by Crippen LogP contribution is -3.10. The number of nitrogens with one attached hydrogen (secondary N) is 1. The highest BCUT2D eigenvalue weighted by molar-refractivity contribution is 6.30. The minimum Gasteiger partial charge on any atom is -0.497 e. The van der Waals surface area contributed by atoms with Crippen LogP contribution in [0.3, 0.4) is 0 Å². The maximum atomic E-state index is 6.05. The van der Waals surface area contributed by atoms with E-state index in [4.69, 9.17) is 20.9 Å². The second kappa shape index (κ2) is 7.48. The van der Waals surface area contributed by atoms with E-state index in [1.807, 2.05) is 36.4 Å². The van der Waals surface area contributed by atoms with Gasteiger partial charge in [-0.1, -0.05) is 28.9 Å². The van der Waals surface area contributed by atoms with E-state index in [1.165, 1.54) is 23.3 Å². The Morgan fingerprint density at radius 2 is 1.96 bits per heavy atom. The van der Waals surface area contributed by atoms with Crippen LogP contribution in [0.1, 0.15) is 24.3 Å². The maximum absolute atomic E-state index is 6.05. The van der Waals surface area contributed by atoms with E-state index < -0.39 is 0 Å². The summed E-state index contributed by atoms with van der Waals surface area (Å²) in [7, 11) is 1.68. The van der Waals surface area contributed by atoms with Crippen LogP contribution >= 0.6 is 11.6 Å². The molecule has 0 aliphatic heterocycles. The number of halogens is 1. The molecule has 6 heteroatoms. The molecule has 4 rings (SSSR count). The first kappa shape index (κ1) is 17.1. The molecule has 0 spiro atoms. The zero-order chi connectivity index (χ0) is 17.9. The van der Waals surface area contributed by atoms with Crippen LogP contribution in [0.15, 0.2) is 53.1 Å². The zero-order valence-electron chi connectivity index (χ0n) is 14.6. The predicted octanol–water partition coefficient (Wildman–Crippen LogP) is 3.15. The Labute approximate surface area is 157 Å². The van der Waals surface area contributed by atoms with E-state index in [1.54, 1.807) is 7.11 Å². The zero-order valence-corrected chi connectivity index (χ0v) is 15.4. The summed E-state index contributed by atoms with van der Waals surface area (Å²) in [6, 6.07) is 16.4. The van der Waals surface area contributed by atoms with E-state index in [2.05, 4.69) is 22.3 Å². The first-order chi connectivity index (χ1) is 12.7. The summed E-state index contributed by atoms with van der Waals surface area (Å²) in [5, 5.41) is 4.78. The molecular weight excluding hydrogens is 350 g/mol. The first-order valence-corrected chi connectivity index (χ1v) is 9.15. The van der Waals surface area contributed by atoms with Gasteiger partial charge >= 0.3 is 0 Å². The van der Waals surface area contributed by atoms with Crippen LogP contribution in [0.25, 0.3) is 11.4 Å². The average molecular weight is 371 g/mol. The van der Waals surface area contributed by atoms with Crippen LogP contribution in [0.5, 0.6) is 5.75 Å². The van der Waals surface area contributed by atoms with Crippen molar-refractivity contribution in [3.8, 4) is 17.1 Å². The molecule has 0 radical (unpaired) electrons. The molecule has 26 heavy (non-hydrogen) atoms. The van der Waals surface area contributed by atoms with Gasteiger partial charge in [-0.05, 0) is 36.4 Å². The number of quaternary nitrogens is 1. The van der Waals surface area contributed by atoms with Gasteiger partial charge in [0.05, 0.1) is 13.2 Å².